The molecule has 0 spiro atoms. The monoisotopic (exact) mass is 247 g/mol. The molecule has 1 fully saturated rings. The van der Waals surface area contributed by atoms with Crippen LogP contribution in [0.2, 0.25) is 0 Å². The van der Waals surface area contributed by atoms with Crippen molar-refractivity contribution in [3.63, 3.8) is 0 Å². The molecule has 0 aliphatic heterocycles. The van der Waals surface area contributed by atoms with Gasteiger partial charge in [-0.1, -0.05) is 12.8 Å². The van der Waals surface area contributed by atoms with Crippen LogP contribution in [0.4, 0.5) is 0 Å². The number of carbonyl (C=O) groups excluding carboxylic acids is 1. The van der Waals surface area contributed by atoms with Crippen molar-refractivity contribution >= 4 is 5.91 Å². The van der Waals surface area contributed by atoms with Gasteiger partial charge in [0.05, 0.1) is 5.56 Å². The Morgan fingerprint density at radius 2 is 2.17 bits per heavy atom. The van der Waals surface area contributed by atoms with Crippen LogP contribution in [0.1, 0.15) is 41.7 Å². The van der Waals surface area contributed by atoms with Gasteiger partial charge in [-0.25, -0.2) is 0 Å². The second-order valence-corrected chi connectivity index (χ2v) is 5.28. The number of pyridine rings is 1. The Kier molecular flexibility index (Phi) is 3.97. The molecule has 3 N–H and O–H groups in total. The summed E-state index contributed by atoms with van der Waals surface area (Å²) >= 11 is 0. The highest BCUT2D eigenvalue weighted by Crippen LogP contribution is 2.36. The molecule has 0 radical (unpaired) electrons. The molecular weight excluding hydrogens is 226 g/mol. The van der Waals surface area contributed by atoms with Crippen LogP contribution >= 0.6 is 0 Å². The molecule has 4 nitrogen and oxygen atoms in total. The van der Waals surface area contributed by atoms with Gasteiger partial charge < -0.3 is 11.1 Å². The van der Waals surface area contributed by atoms with Crippen LogP contribution < -0.4 is 11.1 Å². The van der Waals surface area contributed by atoms with Gasteiger partial charge in [-0.05, 0) is 43.9 Å². The zero-order valence-corrected chi connectivity index (χ0v) is 10.9. The van der Waals surface area contributed by atoms with Gasteiger partial charge in [-0.3, -0.25) is 9.78 Å². The molecule has 98 valence electrons. The maximum absolute atomic E-state index is 12.0. The van der Waals surface area contributed by atoms with Crippen LogP contribution in [0.25, 0.3) is 0 Å². The van der Waals surface area contributed by atoms with Gasteiger partial charge in [0.15, 0.2) is 0 Å². The fourth-order valence-corrected chi connectivity index (χ4v) is 2.55. The number of hydrogen-bond acceptors (Lipinski definition) is 3. The summed E-state index contributed by atoms with van der Waals surface area (Å²) in [6, 6.07) is 3.66. The number of nitrogens with zero attached hydrogens (tertiary/aromatic N) is 1. The van der Waals surface area contributed by atoms with Gasteiger partial charge in [0.25, 0.3) is 5.91 Å². The summed E-state index contributed by atoms with van der Waals surface area (Å²) in [4.78, 5) is 16.1. The van der Waals surface area contributed by atoms with Crippen molar-refractivity contribution < 1.29 is 4.79 Å². The van der Waals surface area contributed by atoms with E-state index in [0.717, 1.165) is 18.5 Å². The molecule has 0 atom stereocenters. The predicted octanol–water partition coefficient (Wildman–Crippen LogP) is 1.64. The third-order valence-electron chi connectivity index (χ3n) is 3.89. The van der Waals surface area contributed by atoms with E-state index in [-0.39, 0.29) is 11.3 Å². The molecule has 1 amide bonds. The van der Waals surface area contributed by atoms with Crippen molar-refractivity contribution in [2.75, 3.05) is 13.1 Å². The normalized spacial score (nSPS) is 17.7. The van der Waals surface area contributed by atoms with E-state index in [2.05, 4.69) is 10.3 Å². The summed E-state index contributed by atoms with van der Waals surface area (Å²) in [5.74, 6) is -0.0535. The lowest BCUT2D eigenvalue weighted by Crippen LogP contribution is -2.40. The highest BCUT2D eigenvalue weighted by molar-refractivity contribution is 5.93. The summed E-state index contributed by atoms with van der Waals surface area (Å²) < 4.78 is 0. The molecule has 0 bridgehead atoms. The van der Waals surface area contributed by atoms with Crippen LogP contribution in [0.15, 0.2) is 18.3 Å². The standard InChI is InChI=1S/C14H21N3O/c1-11-4-5-12(8-16-11)13(18)17-10-14(9-15)6-2-3-7-14/h4-5,8H,2-3,6-7,9-10,15H2,1H3,(H,17,18). The quantitative estimate of drug-likeness (QED) is 0.850. The van der Waals surface area contributed by atoms with E-state index in [1.165, 1.54) is 12.8 Å². The molecule has 0 unspecified atom stereocenters. The topological polar surface area (TPSA) is 68.0 Å². The van der Waals surface area contributed by atoms with Crippen LogP contribution in [0.5, 0.6) is 0 Å². The van der Waals surface area contributed by atoms with Crippen molar-refractivity contribution in [2.24, 2.45) is 11.1 Å². The molecule has 4 heteroatoms. The highest BCUT2D eigenvalue weighted by atomic mass is 16.1. The van der Waals surface area contributed by atoms with Gasteiger partial charge in [0.2, 0.25) is 0 Å². The number of aromatic nitrogens is 1. The van der Waals surface area contributed by atoms with Gasteiger partial charge in [-0.15, -0.1) is 0 Å². The molecule has 1 saturated carbocycles. The average molecular weight is 247 g/mol. The lowest BCUT2D eigenvalue weighted by Gasteiger charge is -2.27. The van der Waals surface area contributed by atoms with Crippen molar-refractivity contribution in [3.05, 3.63) is 29.6 Å². The maximum atomic E-state index is 12.0. The lowest BCUT2D eigenvalue weighted by atomic mass is 9.86. The van der Waals surface area contributed by atoms with E-state index < -0.39 is 0 Å². The molecule has 0 saturated heterocycles. The largest absolute Gasteiger partial charge is 0.351 e. The Morgan fingerprint density at radius 3 is 2.72 bits per heavy atom. The predicted molar refractivity (Wildman–Crippen MR) is 71.3 cm³/mol. The smallest absolute Gasteiger partial charge is 0.252 e. The fourth-order valence-electron chi connectivity index (χ4n) is 2.55. The molecule has 1 aliphatic rings. The van der Waals surface area contributed by atoms with Crippen LogP contribution in [0.3, 0.4) is 0 Å². The van der Waals surface area contributed by atoms with E-state index in [1.54, 1.807) is 12.3 Å². The molecular formula is C14H21N3O. The second-order valence-electron chi connectivity index (χ2n) is 5.28. The molecule has 1 aliphatic carbocycles. The van der Waals surface area contributed by atoms with Crippen LogP contribution in [-0.4, -0.2) is 24.0 Å². The molecule has 0 aromatic carbocycles. The van der Waals surface area contributed by atoms with Crippen LogP contribution in [0, 0.1) is 12.3 Å². The third kappa shape index (κ3) is 2.88. The molecule has 2 rings (SSSR count). The molecule has 1 aromatic rings. The van der Waals surface area contributed by atoms with Crippen LogP contribution in [-0.2, 0) is 0 Å². The molecule has 1 aromatic heterocycles. The summed E-state index contributed by atoms with van der Waals surface area (Å²) in [6.07, 6.45) is 6.30. The fraction of sp³-hybridized carbons (Fsp3) is 0.571. The first-order valence-electron chi connectivity index (χ1n) is 6.56. The van der Waals surface area contributed by atoms with E-state index >= 15 is 0 Å². The number of nitrogens with two attached hydrogens (primary N) is 1. The maximum Gasteiger partial charge on any atom is 0.252 e. The Labute approximate surface area is 108 Å². The van der Waals surface area contributed by atoms with E-state index in [4.69, 9.17) is 5.73 Å². The minimum absolute atomic E-state index is 0.0535. The number of nitrogens with one attached hydrogen (secondary N) is 1. The first-order valence-corrected chi connectivity index (χ1v) is 6.56. The Hall–Kier alpha value is -1.42. The van der Waals surface area contributed by atoms with E-state index in [0.29, 0.717) is 18.7 Å². The van der Waals surface area contributed by atoms with Crippen molar-refractivity contribution in [1.82, 2.24) is 10.3 Å². The van der Waals surface area contributed by atoms with Crippen molar-refractivity contribution in [2.45, 2.75) is 32.6 Å². The van der Waals surface area contributed by atoms with Crippen molar-refractivity contribution in [1.29, 1.82) is 0 Å². The zero-order valence-electron chi connectivity index (χ0n) is 10.9. The number of rotatable bonds is 4. The summed E-state index contributed by atoms with van der Waals surface area (Å²) in [7, 11) is 0. The summed E-state index contributed by atoms with van der Waals surface area (Å²) in [6.45, 7) is 3.24. The van der Waals surface area contributed by atoms with Gasteiger partial charge in [0, 0.05) is 18.4 Å². The minimum Gasteiger partial charge on any atom is -0.351 e. The Balaban J connectivity index is 1.93. The number of aryl methyl sites for hydroxylation is 1. The Bertz CT molecular complexity index is 408. The van der Waals surface area contributed by atoms with E-state index in [1.807, 2.05) is 13.0 Å². The van der Waals surface area contributed by atoms with Gasteiger partial charge in [0.1, 0.15) is 0 Å². The van der Waals surface area contributed by atoms with E-state index in [9.17, 15) is 4.79 Å². The minimum atomic E-state index is -0.0535. The number of carbonyl (C=O) groups is 1. The lowest BCUT2D eigenvalue weighted by molar-refractivity contribution is 0.0932. The first-order chi connectivity index (χ1) is 8.65. The third-order valence-corrected chi connectivity index (χ3v) is 3.89. The SMILES string of the molecule is Cc1ccc(C(=O)NCC2(CN)CCCC2)cn1. The highest BCUT2D eigenvalue weighted by Gasteiger charge is 2.32. The van der Waals surface area contributed by atoms with Gasteiger partial charge >= 0.3 is 0 Å². The second kappa shape index (κ2) is 5.48. The Morgan fingerprint density at radius 1 is 1.44 bits per heavy atom. The molecule has 18 heavy (non-hydrogen) atoms. The summed E-state index contributed by atoms with van der Waals surface area (Å²) in [5.41, 5.74) is 7.50. The average Bonchev–Trinajstić information content (AvgIpc) is 2.86. The summed E-state index contributed by atoms with van der Waals surface area (Å²) in [5, 5.41) is 2.99. The zero-order chi connectivity index (χ0) is 13.0. The van der Waals surface area contributed by atoms with Crippen molar-refractivity contribution in [3.8, 4) is 0 Å². The molecule has 1 heterocycles. The van der Waals surface area contributed by atoms with Gasteiger partial charge in [-0.2, -0.15) is 0 Å². The number of amides is 1. The first kappa shape index (κ1) is 13.0. The number of hydrogen-bond donors (Lipinski definition) is 2.